The lowest BCUT2D eigenvalue weighted by Gasteiger charge is -2.06. The predicted octanol–water partition coefficient (Wildman–Crippen LogP) is 3.94. The van der Waals surface area contributed by atoms with Crippen LogP contribution in [0.5, 0.6) is 0 Å². The predicted molar refractivity (Wildman–Crippen MR) is 117 cm³/mol. The van der Waals surface area contributed by atoms with Gasteiger partial charge < -0.3 is 10.6 Å². The molecule has 0 radical (unpaired) electrons. The molecule has 2 amide bonds. The van der Waals surface area contributed by atoms with Crippen molar-refractivity contribution in [3.63, 3.8) is 0 Å². The zero-order valence-electron chi connectivity index (χ0n) is 15.3. The van der Waals surface area contributed by atoms with Crippen molar-refractivity contribution in [1.82, 2.24) is 0 Å². The zero-order valence-corrected chi connectivity index (χ0v) is 16.9. The van der Waals surface area contributed by atoms with Gasteiger partial charge in [0.05, 0.1) is 0 Å². The molecule has 142 valence electrons. The number of benzene rings is 2. The van der Waals surface area contributed by atoms with Crippen LogP contribution in [0.25, 0.3) is 0 Å². The summed E-state index contributed by atoms with van der Waals surface area (Å²) in [6.45, 7) is 2.98. The van der Waals surface area contributed by atoms with Crippen molar-refractivity contribution in [2.24, 2.45) is 9.98 Å². The number of hydrogen-bond acceptors (Lipinski definition) is 6. The first-order valence-corrected chi connectivity index (χ1v) is 10.5. The molecule has 2 unspecified atom stereocenters. The van der Waals surface area contributed by atoms with Crippen LogP contribution in [-0.2, 0) is 9.59 Å². The van der Waals surface area contributed by atoms with Crippen molar-refractivity contribution in [2.45, 2.75) is 24.6 Å². The van der Waals surface area contributed by atoms with E-state index in [1.54, 1.807) is 23.5 Å². The maximum Gasteiger partial charge on any atom is 0.221 e. The standard InChI is InChI=1S/C20H18N4O2S2/c1-11(25)21-15-7-3-13(4-8-15)17-23-19-20(27-17)24-18(28-19)14-5-9-16(10-6-14)22-12(2)26/h3-10,19-20H,1-2H3,(H,21,25)(H,22,26). The van der Waals surface area contributed by atoms with E-state index < -0.39 is 0 Å². The fourth-order valence-corrected chi connectivity index (χ4v) is 5.39. The fraction of sp³-hybridized carbons (Fsp3) is 0.200. The molecule has 2 aliphatic rings. The van der Waals surface area contributed by atoms with Gasteiger partial charge in [0.1, 0.15) is 20.8 Å². The molecule has 0 bridgehead atoms. The van der Waals surface area contributed by atoms with Crippen molar-refractivity contribution in [3.8, 4) is 0 Å². The summed E-state index contributed by atoms with van der Waals surface area (Å²) in [7, 11) is 0. The van der Waals surface area contributed by atoms with Crippen LogP contribution in [-0.4, -0.2) is 32.6 Å². The molecule has 2 aromatic carbocycles. The van der Waals surface area contributed by atoms with E-state index in [1.165, 1.54) is 13.8 Å². The Labute approximate surface area is 171 Å². The molecule has 0 saturated heterocycles. The Morgan fingerprint density at radius 2 is 1.07 bits per heavy atom. The van der Waals surface area contributed by atoms with Crippen LogP contribution < -0.4 is 10.6 Å². The summed E-state index contributed by atoms with van der Waals surface area (Å²) in [4.78, 5) is 31.9. The van der Waals surface area contributed by atoms with Crippen LogP contribution >= 0.6 is 23.5 Å². The maximum atomic E-state index is 11.1. The van der Waals surface area contributed by atoms with Crippen molar-refractivity contribution in [3.05, 3.63) is 59.7 Å². The SMILES string of the molecule is CC(=O)Nc1ccc(C2=NC3SC(c4ccc(NC(C)=O)cc4)=NC3S2)cc1. The van der Waals surface area contributed by atoms with Gasteiger partial charge in [0.25, 0.3) is 0 Å². The summed E-state index contributed by atoms with van der Waals surface area (Å²) < 4.78 is 0. The first-order chi connectivity index (χ1) is 13.5. The van der Waals surface area contributed by atoms with Gasteiger partial charge in [-0.3, -0.25) is 19.6 Å². The largest absolute Gasteiger partial charge is 0.326 e. The highest BCUT2D eigenvalue weighted by molar-refractivity contribution is 8.20. The fourth-order valence-electron chi connectivity index (χ4n) is 2.90. The van der Waals surface area contributed by atoms with Crippen molar-refractivity contribution < 1.29 is 9.59 Å². The number of nitrogens with one attached hydrogen (secondary N) is 2. The quantitative estimate of drug-likeness (QED) is 0.800. The van der Waals surface area contributed by atoms with Gasteiger partial charge in [0.15, 0.2) is 0 Å². The van der Waals surface area contributed by atoms with Crippen LogP contribution in [0.2, 0.25) is 0 Å². The van der Waals surface area contributed by atoms with E-state index in [-0.39, 0.29) is 22.6 Å². The van der Waals surface area contributed by atoms with Gasteiger partial charge >= 0.3 is 0 Å². The summed E-state index contributed by atoms with van der Waals surface area (Å²) in [5, 5.41) is 7.62. The number of hydrogen-bond donors (Lipinski definition) is 2. The van der Waals surface area contributed by atoms with Gasteiger partial charge in [-0.2, -0.15) is 0 Å². The van der Waals surface area contributed by atoms with E-state index >= 15 is 0 Å². The summed E-state index contributed by atoms with van der Waals surface area (Å²) in [6, 6.07) is 15.4. The van der Waals surface area contributed by atoms with Gasteiger partial charge in [0, 0.05) is 36.3 Å². The average Bonchev–Trinajstić information content (AvgIpc) is 3.21. The molecular weight excluding hydrogens is 392 g/mol. The minimum absolute atomic E-state index is 0.0695. The Morgan fingerprint density at radius 3 is 1.39 bits per heavy atom. The highest BCUT2D eigenvalue weighted by atomic mass is 32.2. The first kappa shape index (κ1) is 18.8. The summed E-state index contributed by atoms with van der Waals surface area (Å²) in [6.07, 6.45) is 0. The number of anilines is 2. The number of rotatable bonds is 4. The molecule has 0 spiro atoms. The summed E-state index contributed by atoms with van der Waals surface area (Å²) in [5.74, 6) is -0.170. The topological polar surface area (TPSA) is 82.9 Å². The molecule has 2 N–H and O–H groups in total. The van der Waals surface area contributed by atoms with Crippen LogP contribution in [0.3, 0.4) is 0 Å². The van der Waals surface area contributed by atoms with Crippen LogP contribution in [0.15, 0.2) is 58.5 Å². The number of nitrogens with zero attached hydrogens (tertiary/aromatic N) is 2. The van der Waals surface area contributed by atoms with Crippen molar-refractivity contribution >= 4 is 56.8 Å². The van der Waals surface area contributed by atoms with Crippen LogP contribution in [0, 0.1) is 0 Å². The third-order valence-electron chi connectivity index (χ3n) is 4.10. The molecule has 8 heteroatoms. The lowest BCUT2D eigenvalue weighted by atomic mass is 10.2. The second-order valence-electron chi connectivity index (χ2n) is 6.40. The maximum absolute atomic E-state index is 11.1. The Hall–Kier alpha value is -2.58. The number of aliphatic imine (C=N–C) groups is 2. The van der Waals surface area contributed by atoms with Gasteiger partial charge in [0.2, 0.25) is 11.8 Å². The molecule has 6 nitrogen and oxygen atoms in total. The Balaban J connectivity index is 1.42. The molecular formula is C20H18N4O2S2. The van der Waals surface area contributed by atoms with Gasteiger partial charge in [-0.05, 0) is 24.3 Å². The Kier molecular flexibility index (Phi) is 5.23. The molecule has 0 saturated carbocycles. The van der Waals surface area contributed by atoms with Crippen LogP contribution in [0.4, 0.5) is 11.4 Å². The number of carbonyl (C=O) groups excluding carboxylic acids is 2. The third-order valence-corrected chi connectivity index (χ3v) is 6.61. The average molecular weight is 411 g/mol. The van der Waals surface area contributed by atoms with E-state index in [4.69, 9.17) is 9.98 Å². The number of thioether (sulfide) groups is 2. The smallest absolute Gasteiger partial charge is 0.221 e. The van der Waals surface area contributed by atoms with Crippen LogP contribution in [0.1, 0.15) is 25.0 Å². The van der Waals surface area contributed by atoms with Gasteiger partial charge in [-0.15, -0.1) is 0 Å². The van der Waals surface area contributed by atoms with Gasteiger partial charge in [-0.25, -0.2) is 0 Å². The van der Waals surface area contributed by atoms with E-state index in [0.29, 0.717) is 0 Å². The van der Waals surface area contributed by atoms with Crippen molar-refractivity contribution in [2.75, 3.05) is 10.6 Å². The second-order valence-corrected chi connectivity index (χ2v) is 8.61. The molecule has 28 heavy (non-hydrogen) atoms. The first-order valence-electron chi connectivity index (χ1n) is 8.73. The molecule has 0 aliphatic carbocycles. The zero-order chi connectivity index (χ0) is 19.7. The molecule has 4 rings (SSSR count). The molecule has 2 heterocycles. The van der Waals surface area contributed by atoms with E-state index in [1.807, 2.05) is 48.5 Å². The second kappa shape index (κ2) is 7.81. The minimum Gasteiger partial charge on any atom is -0.326 e. The highest BCUT2D eigenvalue weighted by Crippen LogP contribution is 2.43. The molecule has 0 fully saturated rings. The molecule has 2 aliphatic heterocycles. The molecule has 2 aromatic rings. The minimum atomic E-state index is -0.0850. The number of amides is 2. The third kappa shape index (κ3) is 4.13. The lowest BCUT2D eigenvalue weighted by molar-refractivity contribution is -0.115. The number of fused-ring (bicyclic) bond motifs is 1. The monoisotopic (exact) mass is 410 g/mol. The van der Waals surface area contributed by atoms with Crippen molar-refractivity contribution in [1.29, 1.82) is 0 Å². The Bertz CT molecular complexity index is 903. The van der Waals surface area contributed by atoms with E-state index in [0.717, 1.165) is 32.6 Å². The molecule has 2 atom stereocenters. The van der Waals surface area contributed by atoms with Gasteiger partial charge in [-0.1, -0.05) is 47.8 Å². The van der Waals surface area contributed by atoms with E-state index in [9.17, 15) is 9.59 Å². The summed E-state index contributed by atoms with van der Waals surface area (Å²) >= 11 is 3.32. The Morgan fingerprint density at radius 1 is 0.714 bits per heavy atom. The van der Waals surface area contributed by atoms with E-state index in [2.05, 4.69) is 10.6 Å². The summed E-state index contributed by atoms with van der Waals surface area (Å²) in [5.41, 5.74) is 3.62. The molecule has 0 aromatic heterocycles. The lowest BCUT2D eigenvalue weighted by Crippen LogP contribution is -2.06. The normalized spacial score (nSPS) is 20.2. The number of carbonyl (C=O) groups is 2. The highest BCUT2D eigenvalue weighted by Gasteiger charge is 2.37.